The summed E-state index contributed by atoms with van der Waals surface area (Å²) in [5.41, 5.74) is 1.76. The molecule has 1 N–H and O–H groups in total. The number of para-hydroxylation sites is 1. The van der Waals surface area contributed by atoms with Crippen LogP contribution < -0.4 is 0 Å². The highest BCUT2D eigenvalue weighted by atomic mass is 16.2. The first-order chi connectivity index (χ1) is 9.29. The molecule has 3 heteroatoms. The van der Waals surface area contributed by atoms with Crippen molar-refractivity contribution in [2.24, 2.45) is 0 Å². The van der Waals surface area contributed by atoms with Crippen molar-refractivity contribution in [1.29, 1.82) is 0 Å². The molecule has 0 unspecified atom stereocenters. The topological polar surface area (TPSA) is 36.1 Å². The van der Waals surface area contributed by atoms with E-state index in [0.717, 1.165) is 42.4 Å². The molecule has 0 saturated carbocycles. The Morgan fingerprint density at radius 3 is 3.00 bits per heavy atom. The minimum absolute atomic E-state index is 0.155. The summed E-state index contributed by atoms with van der Waals surface area (Å²) in [7, 11) is 0. The smallest absolute Gasteiger partial charge is 0.270 e. The minimum atomic E-state index is 0.155. The predicted octanol–water partition coefficient (Wildman–Crippen LogP) is 3.57. The zero-order chi connectivity index (χ0) is 13.2. The van der Waals surface area contributed by atoms with Gasteiger partial charge in [0.05, 0.1) is 0 Å². The summed E-state index contributed by atoms with van der Waals surface area (Å²) in [5.74, 6) is 0.155. The average Bonchev–Trinajstić information content (AvgIpc) is 2.90. The normalized spacial score (nSPS) is 19.8. The van der Waals surface area contributed by atoms with Crippen molar-refractivity contribution in [3.05, 3.63) is 36.0 Å². The van der Waals surface area contributed by atoms with Crippen molar-refractivity contribution < 1.29 is 4.79 Å². The Bertz CT molecular complexity index is 554. The van der Waals surface area contributed by atoms with Crippen LogP contribution in [0.4, 0.5) is 0 Å². The van der Waals surface area contributed by atoms with Gasteiger partial charge in [0, 0.05) is 23.5 Å². The van der Waals surface area contributed by atoms with Crippen LogP contribution >= 0.6 is 0 Å². The van der Waals surface area contributed by atoms with E-state index in [-0.39, 0.29) is 5.91 Å². The van der Waals surface area contributed by atoms with E-state index < -0.39 is 0 Å². The predicted molar refractivity (Wildman–Crippen MR) is 77.3 cm³/mol. The fraction of sp³-hybridized carbons (Fsp3) is 0.438. The van der Waals surface area contributed by atoms with Gasteiger partial charge in [-0.3, -0.25) is 4.79 Å². The highest BCUT2D eigenvalue weighted by molar-refractivity contribution is 5.98. The highest BCUT2D eigenvalue weighted by Gasteiger charge is 2.26. The maximum Gasteiger partial charge on any atom is 0.270 e. The number of fused-ring (bicyclic) bond motifs is 1. The SMILES string of the molecule is CC[C@H]1CCCCN1C(=O)c1cc2ccccc2[nH]1. The number of nitrogens with one attached hydrogen (secondary N) is 1. The third-order valence-corrected chi connectivity index (χ3v) is 4.12. The zero-order valence-electron chi connectivity index (χ0n) is 11.4. The summed E-state index contributed by atoms with van der Waals surface area (Å²) in [6.07, 6.45) is 4.56. The van der Waals surface area contributed by atoms with Crippen molar-refractivity contribution >= 4 is 16.8 Å². The van der Waals surface area contributed by atoms with Crippen LogP contribution in [0.15, 0.2) is 30.3 Å². The van der Waals surface area contributed by atoms with E-state index in [1.54, 1.807) is 0 Å². The molecule has 1 amide bonds. The van der Waals surface area contributed by atoms with Gasteiger partial charge in [0.1, 0.15) is 5.69 Å². The number of likely N-dealkylation sites (tertiary alicyclic amines) is 1. The second kappa shape index (κ2) is 5.08. The molecule has 1 aromatic heterocycles. The Hall–Kier alpha value is -1.77. The van der Waals surface area contributed by atoms with Crippen molar-refractivity contribution in [1.82, 2.24) is 9.88 Å². The maximum atomic E-state index is 12.6. The lowest BCUT2D eigenvalue weighted by atomic mass is 9.99. The van der Waals surface area contributed by atoms with Crippen molar-refractivity contribution in [2.45, 2.75) is 38.6 Å². The quantitative estimate of drug-likeness (QED) is 0.876. The number of aromatic amines is 1. The minimum Gasteiger partial charge on any atom is -0.351 e. The van der Waals surface area contributed by atoms with Crippen LogP contribution in [0.2, 0.25) is 0 Å². The lowest BCUT2D eigenvalue weighted by Gasteiger charge is -2.35. The number of benzene rings is 1. The second-order valence-corrected chi connectivity index (χ2v) is 5.33. The number of piperidine rings is 1. The molecular weight excluding hydrogens is 236 g/mol. The number of carbonyl (C=O) groups excluding carboxylic acids is 1. The van der Waals surface area contributed by atoms with E-state index in [2.05, 4.69) is 11.9 Å². The Morgan fingerprint density at radius 2 is 2.21 bits per heavy atom. The first-order valence-electron chi connectivity index (χ1n) is 7.18. The van der Waals surface area contributed by atoms with E-state index in [9.17, 15) is 4.79 Å². The number of aromatic nitrogens is 1. The lowest BCUT2D eigenvalue weighted by molar-refractivity contribution is 0.0603. The molecule has 3 rings (SSSR count). The first kappa shape index (κ1) is 12.3. The molecule has 0 bridgehead atoms. The van der Waals surface area contributed by atoms with Crippen molar-refractivity contribution in [3.8, 4) is 0 Å². The van der Waals surface area contributed by atoms with Gasteiger partial charge in [-0.15, -0.1) is 0 Å². The number of hydrogen-bond acceptors (Lipinski definition) is 1. The number of amides is 1. The molecule has 1 saturated heterocycles. The van der Waals surface area contributed by atoms with Crippen LogP contribution in [-0.4, -0.2) is 28.4 Å². The molecule has 0 spiro atoms. The standard InChI is InChI=1S/C16H20N2O/c1-2-13-8-5-6-10-18(13)16(19)15-11-12-7-3-4-9-14(12)17-15/h3-4,7,9,11,13,17H,2,5-6,8,10H2,1H3/t13-/m0/s1. The van der Waals surface area contributed by atoms with E-state index in [1.165, 1.54) is 6.42 Å². The van der Waals surface area contributed by atoms with Gasteiger partial charge in [-0.1, -0.05) is 25.1 Å². The zero-order valence-corrected chi connectivity index (χ0v) is 11.4. The van der Waals surface area contributed by atoms with Gasteiger partial charge >= 0.3 is 0 Å². The highest BCUT2D eigenvalue weighted by Crippen LogP contribution is 2.23. The Labute approximate surface area is 113 Å². The van der Waals surface area contributed by atoms with Gasteiger partial charge < -0.3 is 9.88 Å². The van der Waals surface area contributed by atoms with Crippen LogP contribution in [0.5, 0.6) is 0 Å². The van der Waals surface area contributed by atoms with Gasteiger partial charge in [-0.2, -0.15) is 0 Å². The molecule has 3 nitrogen and oxygen atoms in total. The third-order valence-electron chi connectivity index (χ3n) is 4.12. The fourth-order valence-electron chi connectivity index (χ4n) is 3.04. The molecule has 1 aromatic carbocycles. The van der Waals surface area contributed by atoms with Crippen LogP contribution in [0.1, 0.15) is 43.1 Å². The van der Waals surface area contributed by atoms with Crippen LogP contribution in [0.25, 0.3) is 10.9 Å². The molecular formula is C16H20N2O. The number of hydrogen-bond donors (Lipinski definition) is 1. The summed E-state index contributed by atoms with van der Waals surface area (Å²) in [6.45, 7) is 3.06. The molecule has 19 heavy (non-hydrogen) atoms. The van der Waals surface area contributed by atoms with Gasteiger partial charge in [0.2, 0.25) is 0 Å². The van der Waals surface area contributed by atoms with Crippen LogP contribution in [-0.2, 0) is 0 Å². The summed E-state index contributed by atoms with van der Waals surface area (Å²) in [4.78, 5) is 17.9. The number of nitrogens with zero attached hydrogens (tertiary/aromatic N) is 1. The Kier molecular flexibility index (Phi) is 3.28. The Balaban J connectivity index is 1.89. The lowest BCUT2D eigenvalue weighted by Crippen LogP contribution is -2.43. The molecule has 1 fully saturated rings. The summed E-state index contributed by atoms with van der Waals surface area (Å²) >= 11 is 0. The van der Waals surface area contributed by atoms with E-state index in [1.807, 2.05) is 35.2 Å². The van der Waals surface area contributed by atoms with Gasteiger partial charge in [0.25, 0.3) is 5.91 Å². The van der Waals surface area contributed by atoms with Crippen molar-refractivity contribution in [3.63, 3.8) is 0 Å². The Morgan fingerprint density at radius 1 is 1.37 bits per heavy atom. The number of H-pyrrole nitrogens is 1. The van der Waals surface area contributed by atoms with Gasteiger partial charge in [0.15, 0.2) is 0 Å². The number of carbonyl (C=O) groups is 1. The summed E-state index contributed by atoms with van der Waals surface area (Å²) < 4.78 is 0. The van der Waals surface area contributed by atoms with Crippen molar-refractivity contribution in [2.75, 3.05) is 6.54 Å². The number of rotatable bonds is 2. The second-order valence-electron chi connectivity index (χ2n) is 5.33. The first-order valence-corrected chi connectivity index (χ1v) is 7.18. The molecule has 1 aliphatic heterocycles. The van der Waals surface area contributed by atoms with Gasteiger partial charge in [-0.05, 0) is 37.8 Å². The maximum absolute atomic E-state index is 12.6. The molecule has 0 radical (unpaired) electrons. The summed E-state index contributed by atoms with van der Waals surface area (Å²) in [5, 5.41) is 1.11. The van der Waals surface area contributed by atoms with Gasteiger partial charge in [-0.25, -0.2) is 0 Å². The largest absolute Gasteiger partial charge is 0.351 e. The monoisotopic (exact) mass is 256 g/mol. The summed E-state index contributed by atoms with van der Waals surface area (Å²) in [6, 6.07) is 10.4. The fourth-order valence-corrected chi connectivity index (χ4v) is 3.04. The van der Waals surface area contributed by atoms with Crippen LogP contribution in [0, 0.1) is 0 Å². The molecule has 100 valence electrons. The molecule has 1 atom stereocenters. The molecule has 2 heterocycles. The van der Waals surface area contributed by atoms with E-state index in [4.69, 9.17) is 0 Å². The van der Waals surface area contributed by atoms with E-state index in [0.29, 0.717) is 6.04 Å². The van der Waals surface area contributed by atoms with E-state index >= 15 is 0 Å². The molecule has 2 aromatic rings. The average molecular weight is 256 g/mol. The molecule has 0 aliphatic carbocycles. The molecule has 1 aliphatic rings. The van der Waals surface area contributed by atoms with Crippen LogP contribution in [0.3, 0.4) is 0 Å². The third kappa shape index (κ3) is 2.25.